The van der Waals surface area contributed by atoms with E-state index in [1.165, 1.54) is 0 Å². The average molecular weight is 182 g/mol. The molecule has 0 aromatic rings. The number of hydrogen-bond acceptors (Lipinski definition) is 2. The molecule has 1 heterocycles. The smallest absolute Gasteiger partial charge is 0.369 e. The van der Waals surface area contributed by atoms with Crippen molar-refractivity contribution in [3.63, 3.8) is 0 Å². The fourth-order valence-electron chi connectivity index (χ4n) is 1.17. The Morgan fingerprint density at radius 2 is 2.08 bits per heavy atom. The van der Waals surface area contributed by atoms with Gasteiger partial charge < -0.3 is 9.53 Å². The molecule has 1 rings (SSSR count). The number of alkyl halides is 3. The summed E-state index contributed by atoms with van der Waals surface area (Å²) in [6.45, 7) is 0.0214. The number of halogens is 3. The highest BCUT2D eigenvalue weighted by molar-refractivity contribution is 5.53. The first kappa shape index (κ1) is 9.51. The summed E-state index contributed by atoms with van der Waals surface area (Å²) in [5.74, 6) is -0.495. The minimum atomic E-state index is -4.33. The van der Waals surface area contributed by atoms with E-state index in [9.17, 15) is 18.0 Å². The molecule has 70 valence electrons. The van der Waals surface area contributed by atoms with Crippen molar-refractivity contribution in [2.24, 2.45) is 5.92 Å². The molecule has 0 aromatic heterocycles. The van der Waals surface area contributed by atoms with Gasteiger partial charge in [0, 0.05) is 12.5 Å². The van der Waals surface area contributed by atoms with Crippen molar-refractivity contribution in [2.45, 2.75) is 25.1 Å². The second kappa shape index (κ2) is 3.43. The van der Waals surface area contributed by atoms with Crippen LogP contribution in [0.3, 0.4) is 0 Å². The Labute approximate surface area is 67.7 Å². The zero-order valence-electron chi connectivity index (χ0n) is 6.30. The predicted octanol–water partition coefficient (Wildman–Crippen LogP) is 1.54. The van der Waals surface area contributed by atoms with Gasteiger partial charge in [-0.3, -0.25) is 0 Å². The van der Waals surface area contributed by atoms with Gasteiger partial charge in [-0.2, -0.15) is 13.2 Å². The zero-order valence-corrected chi connectivity index (χ0v) is 6.30. The maximum atomic E-state index is 12.0. The van der Waals surface area contributed by atoms with Crippen molar-refractivity contribution in [1.29, 1.82) is 0 Å². The summed E-state index contributed by atoms with van der Waals surface area (Å²) in [7, 11) is 0. The molecule has 0 spiro atoms. The number of rotatable bonds is 1. The van der Waals surface area contributed by atoms with Gasteiger partial charge >= 0.3 is 6.18 Å². The molecule has 12 heavy (non-hydrogen) atoms. The minimum absolute atomic E-state index is 0.0214. The molecule has 1 aliphatic heterocycles. The summed E-state index contributed by atoms with van der Waals surface area (Å²) < 4.78 is 40.5. The third kappa shape index (κ3) is 2.20. The Bertz CT molecular complexity index is 167. The summed E-state index contributed by atoms with van der Waals surface area (Å²) in [6, 6.07) is 0. The Balaban J connectivity index is 2.51. The first-order valence-electron chi connectivity index (χ1n) is 3.67. The van der Waals surface area contributed by atoms with Gasteiger partial charge in [0.15, 0.2) is 6.10 Å². The van der Waals surface area contributed by atoms with E-state index in [4.69, 9.17) is 0 Å². The summed E-state index contributed by atoms with van der Waals surface area (Å²) in [5.41, 5.74) is 0. The van der Waals surface area contributed by atoms with E-state index in [-0.39, 0.29) is 13.0 Å². The summed E-state index contributed by atoms with van der Waals surface area (Å²) >= 11 is 0. The quantitative estimate of drug-likeness (QED) is 0.575. The normalized spacial score (nSPS) is 31.6. The molecule has 1 aliphatic rings. The lowest BCUT2D eigenvalue weighted by atomic mass is 9.97. The molecule has 0 aliphatic carbocycles. The third-order valence-electron chi connectivity index (χ3n) is 1.88. The molecule has 2 atom stereocenters. The molecule has 1 fully saturated rings. The maximum Gasteiger partial charge on any atom is 0.414 e. The summed E-state index contributed by atoms with van der Waals surface area (Å²) in [6.07, 6.45) is -5.34. The van der Waals surface area contributed by atoms with Crippen LogP contribution in [0.15, 0.2) is 0 Å². The number of ether oxygens (including phenoxy) is 1. The van der Waals surface area contributed by atoms with E-state index < -0.39 is 18.2 Å². The second-order valence-electron chi connectivity index (χ2n) is 2.82. The average Bonchev–Trinajstić information content (AvgIpc) is 2.03. The fraction of sp³-hybridized carbons (Fsp3) is 0.857. The molecule has 1 saturated heterocycles. The monoisotopic (exact) mass is 182 g/mol. The minimum Gasteiger partial charge on any atom is -0.369 e. The molecule has 0 radical (unpaired) electrons. The van der Waals surface area contributed by atoms with E-state index in [2.05, 4.69) is 4.74 Å². The van der Waals surface area contributed by atoms with Crippen molar-refractivity contribution in [3.05, 3.63) is 0 Å². The van der Waals surface area contributed by atoms with Crippen LogP contribution in [0.2, 0.25) is 0 Å². The van der Waals surface area contributed by atoms with Gasteiger partial charge in [0.25, 0.3) is 0 Å². The van der Waals surface area contributed by atoms with Crippen molar-refractivity contribution in [2.75, 3.05) is 6.61 Å². The van der Waals surface area contributed by atoms with Crippen LogP contribution in [0.1, 0.15) is 12.8 Å². The number of carbonyl (C=O) groups excluding carboxylic acids is 1. The van der Waals surface area contributed by atoms with Crippen LogP contribution in [-0.2, 0) is 9.53 Å². The van der Waals surface area contributed by atoms with Crippen LogP contribution in [-0.4, -0.2) is 25.2 Å². The molecule has 0 amide bonds. The fourth-order valence-corrected chi connectivity index (χ4v) is 1.17. The molecule has 0 saturated carbocycles. The van der Waals surface area contributed by atoms with Crippen molar-refractivity contribution >= 4 is 6.29 Å². The Morgan fingerprint density at radius 3 is 2.58 bits per heavy atom. The standard InChI is InChI=1S/C7H9F3O2/c8-7(9,10)6-3-5(4-11)1-2-12-6/h4-6H,1-3H2. The number of carbonyl (C=O) groups is 1. The third-order valence-corrected chi connectivity index (χ3v) is 1.88. The Kier molecular flexibility index (Phi) is 2.72. The Hall–Kier alpha value is -0.580. The van der Waals surface area contributed by atoms with Crippen molar-refractivity contribution in [1.82, 2.24) is 0 Å². The lowest BCUT2D eigenvalue weighted by molar-refractivity contribution is -0.234. The van der Waals surface area contributed by atoms with Crippen LogP contribution in [0, 0.1) is 5.92 Å². The lowest BCUT2D eigenvalue weighted by Gasteiger charge is -2.27. The van der Waals surface area contributed by atoms with Gasteiger partial charge in [-0.15, -0.1) is 0 Å². The Morgan fingerprint density at radius 1 is 1.42 bits per heavy atom. The highest BCUT2D eigenvalue weighted by Gasteiger charge is 2.43. The molecule has 0 N–H and O–H groups in total. The van der Waals surface area contributed by atoms with E-state index in [1.54, 1.807) is 0 Å². The van der Waals surface area contributed by atoms with Crippen LogP contribution >= 0.6 is 0 Å². The van der Waals surface area contributed by atoms with Gasteiger partial charge in [-0.05, 0) is 12.8 Å². The van der Waals surface area contributed by atoms with Gasteiger partial charge in [-0.25, -0.2) is 0 Å². The van der Waals surface area contributed by atoms with Crippen LogP contribution < -0.4 is 0 Å². The van der Waals surface area contributed by atoms with Gasteiger partial charge in [0.05, 0.1) is 0 Å². The summed E-state index contributed by atoms with van der Waals surface area (Å²) in [5, 5.41) is 0. The van der Waals surface area contributed by atoms with E-state index >= 15 is 0 Å². The molecule has 2 unspecified atom stereocenters. The molecule has 0 aromatic carbocycles. The molecule has 0 bridgehead atoms. The van der Waals surface area contributed by atoms with E-state index in [0.717, 1.165) is 0 Å². The van der Waals surface area contributed by atoms with Crippen LogP contribution in [0.5, 0.6) is 0 Å². The van der Waals surface area contributed by atoms with Crippen molar-refractivity contribution < 1.29 is 22.7 Å². The van der Waals surface area contributed by atoms with E-state index in [0.29, 0.717) is 12.7 Å². The van der Waals surface area contributed by atoms with Gasteiger partial charge in [0.2, 0.25) is 0 Å². The highest BCUT2D eigenvalue weighted by atomic mass is 19.4. The molecular formula is C7H9F3O2. The topological polar surface area (TPSA) is 26.3 Å². The van der Waals surface area contributed by atoms with Crippen LogP contribution in [0.4, 0.5) is 13.2 Å². The largest absolute Gasteiger partial charge is 0.414 e. The van der Waals surface area contributed by atoms with Crippen LogP contribution in [0.25, 0.3) is 0 Å². The SMILES string of the molecule is O=CC1CCOC(C(F)(F)F)C1. The number of aldehydes is 1. The first-order valence-corrected chi connectivity index (χ1v) is 3.67. The zero-order chi connectivity index (χ0) is 9.19. The first-order chi connectivity index (χ1) is 5.54. The highest BCUT2D eigenvalue weighted by Crippen LogP contribution is 2.31. The lowest BCUT2D eigenvalue weighted by Crippen LogP contribution is -2.38. The summed E-state index contributed by atoms with van der Waals surface area (Å²) in [4.78, 5) is 10.2. The van der Waals surface area contributed by atoms with Gasteiger partial charge in [-0.1, -0.05) is 0 Å². The maximum absolute atomic E-state index is 12.0. The number of hydrogen-bond donors (Lipinski definition) is 0. The second-order valence-corrected chi connectivity index (χ2v) is 2.82. The van der Waals surface area contributed by atoms with Gasteiger partial charge in [0.1, 0.15) is 6.29 Å². The molecule has 2 nitrogen and oxygen atoms in total. The molecular weight excluding hydrogens is 173 g/mol. The van der Waals surface area contributed by atoms with E-state index in [1.807, 2.05) is 0 Å². The predicted molar refractivity (Wildman–Crippen MR) is 34.6 cm³/mol. The molecule has 5 heteroatoms. The van der Waals surface area contributed by atoms with Crippen molar-refractivity contribution in [3.8, 4) is 0 Å².